The lowest BCUT2D eigenvalue weighted by Crippen LogP contribution is -2.26. The zero-order valence-electron chi connectivity index (χ0n) is 29.7. The molecule has 5 rings (SSSR count). The number of aromatic nitrogens is 2. The molecule has 278 valence electrons. The molecule has 0 spiro atoms. The molecule has 3 aromatic rings. The van der Waals surface area contributed by atoms with Crippen LogP contribution in [0, 0.1) is 0 Å². The quantitative estimate of drug-likeness (QED) is 0.208. The van der Waals surface area contributed by atoms with Gasteiger partial charge in [-0.25, -0.2) is 4.79 Å². The van der Waals surface area contributed by atoms with Crippen LogP contribution in [-0.4, -0.2) is 71.4 Å². The molecule has 15 heteroatoms. The Morgan fingerprint density at radius 3 is 2.42 bits per heavy atom. The van der Waals surface area contributed by atoms with Gasteiger partial charge in [-0.15, -0.1) is 0 Å². The van der Waals surface area contributed by atoms with E-state index in [2.05, 4.69) is 20.8 Å². The Labute approximate surface area is 300 Å². The standard InChI is InChI=1S/C37H44N4O11/c1-20-9-8-12-23(42)11-7-5-6-10-21-15-26(43)33(34(46)32(21)37(47)51-20)24(22-16-27(48-2)35(50-4)28(17-22)49-3)18-31(45)38-19-29-40-36(52-41-29)25-13-14-30(44)39-25/h6,10,15-17,20,24-25,43,46H,5,7-9,11-14,18-19H2,1-4H3,(H,38,45)(H,39,44). The van der Waals surface area contributed by atoms with Gasteiger partial charge in [0.05, 0.1) is 34.0 Å². The van der Waals surface area contributed by atoms with E-state index in [9.17, 15) is 29.4 Å². The van der Waals surface area contributed by atoms with Crippen LogP contribution in [0.1, 0.15) is 115 Å². The smallest absolute Gasteiger partial charge is 0.342 e. The first kappa shape index (κ1) is 37.7. The van der Waals surface area contributed by atoms with Crippen molar-refractivity contribution in [2.24, 2.45) is 0 Å². The van der Waals surface area contributed by atoms with Crippen LogP contribution in [-0.2, 0) is 25.7 Å². The summed E-state index contributed by atoms with van der Waals surface area (Å²) in [6.07, 6.45) is 6.26. The molecule has 0 bridgehead atoms. The molecule has 15 nitrogen and oxygen atoms in total. The topological polar surface area (TPSA) is 209 Å². The van der Waals surface area contributed by atoms with Crippen molar-refractivity contribution in [2.45, 2.75) is 89.3 Å². The highest BCUT2D eigenvalue weighted by Crippen LogP contribution is 2.47. The van der Waals surface area contributed by atoms with E-state index in [0.29, 0.717) is 56.9 Å². The molecule has 0 radical (unpaired) electrons. The molecule has 3 heterocycles. The summed E-state index contributed by atoms with van der Waals surface area (Å²) in [7, 11) is 4.30. The van der Waals surface area contributed by atoms with Crippen molar-refractivity contribution in [3.63, 3.8) is 0 Å². The highest BCUT2D eigenvalue weighted by Gasteiger charge is 2.33. The molecule has 2 amide bonds. The number of fused-ring (bicyclic) bond motifs is 1. The Morgan fingerprint density at radius 1 is 1.02 bits per heavy atom. The van der Waals surface area contributed by atoms with Crippen LogP contribution in [0.15, 0.2) is 28.8 Å². The molecule has 2 aliphatic rings. The van der Waals surface area contributed by atoms with E-state index in [1.54, 1.807) is 31.2 Å². The van der Waals surface area contributed by atoms with Gasteiger partial charge < -0.3 is 44.3 Å². The van der Waals surface area contributed by atoms with E-state index in [1.165, 1.54) is 27.4 Å². The molecular weight excluding hydrogens is 676 g/mol. The van der Waals surface area contributed by atoms with Crippen LogP contribution in [0.2, 0.25) is 0 Å². The zero-order chi connectivity index (χ0) is 37.4. The van der Waals surface area contributed by atoms with Gasteiger partial charge in [-0.05, 0) is 68.4 Å². The molecular formula is C37H44N4O11. The molecule has 52 heavy (non-hydrogen) atoms. The summed E-state index contributed by atoms with van der Waals surface area (Å²) >= 11 is 0. The molecule has 1 aromatic heterocycles. The van der Waals surface area contributed by atoms with E-state index in [4.69, 9.17) is 23.5 Å². The van der Waals surface area contributed by atoms with Gasteiger partial charge in [0.2, 0.25) is 23.5 Å². The SMILES string of the molecule is COc1cc(C(CC(=O)NCc2noc(C3CCC(=O)N3)n2)c2c(O)cc3c(c2O)C(=O)OC(C)CCCC(=O)CCCC=C3)cc(OC)c1OC. The van der Waals surface area contributed by atoms with E-state index in [1.807, 2.05) is 0 Å². The number of ketones is 1. The van der Waals surface area contributed by atoms with Gasteiger partial charge in [-0.2, -0.15) is 4.98 Å². The van der Waals surface area contributed by atoms with Gasteiger partial charge in [0.15, 0.2) is 17.3 Å². The molecule has 0 aliphatic carbocycles. The third-order valence-corrected chi connectivity index (χ3v) is 9.10. The maximum Gasteiger partial charge on any atom is 0.342 e. The number of benzene rings is 2. The number of ether oxygens (including phenoxy) is 4. The highest BCUT2D eigenvalue weighted by atomic mass is 16.5. The fourth-order valence-corrected chi connectivity index (χ4v) is 6.42. The van der Waals surface area contributed by atoms with Crippen molar-refractivity contribution in [3.05, 3.63) is 58.2 Å². The fourth-order valence-electron chi connectivity index (χ4n) is 6.42. The Hall–Kier alpha value is -5.60. The number of methoxy groups -OCH3 is 3. The number of hydrogen-bond donors (Lipinski definition) is 4. The summed E-state index contributed by atoms with van der Waals surface area (Å²) < 4.78 is 27.6. The molecule has 0 saturated carbocycles. The second-order valence-electron chi connectivity index (χ2n) is 12.8. The number of rotatable bonds is 10. The summed E-state index contributed by atoms with van der Waals surface area (Å²) in [5.41, 5.74) is 0.308. The maximum atomic E-state index is 13.7. The zero-order valence-corrected chi connectivity index (χ0v) is 29.7. The van der Waals surface area contributed by atoms with Crippen molar-refractivity contribution < 1.29 is 52.9 Å². The number of carbonyl (C=O) groups is 4. The van der Waals surface area contributed by atoms with Crippen LogP contribution < -0.4 is 24.8 Å². The summed E-state index contributed by atoms with van der Waals surface area (Å²) in [4.78, 5) is 55.5. The monoisotopic (exact) mass is 720 g/mol. The lowest BCUT2D eigenvalue weighted by Gasteiger charge is -2.24. The van der Waals surface area contributed by atoms with E-state index < -0.39 is 35.7 Å². The average molecular weight is 721 g/mol. The first-order valence-corrected chi connectivity index (χ1v) is 17.2. The van der Waals surface area contributed by atoms with Crippen LogP contribution in [0.25, 0.3) is 6.08 Å². The molecule has 1 saturated heterocycles. The van der Waals surface area contributed by atoms with E-state index >= 15 is 0 Å². The van der Waals surface area contributed by atoms with E-state index in [0.717, 1.165) is 0 Å². The first-order chi connectivity index (χ1) is 25.0. The number of amides is 2. The number of hydrogen-bond acceptors (Lipinski definition) is 13. The van der Waals surface area contributed by atoms with Gasteiger partial charge in [0.1, 0.15) is 28.9 Å². The van der Waals surface area contributed by atoms with Crippen LogP contribution >= 0.6 is 0 Å². The summed E-state index contributed by atoms with van der Waals surface area (Å²) in [5, 5.41) is 32.9. The predicted molar refractivity (Wildman–Crippen MR) is 185 cm³/mol. The lowest BCUT2D eigenvalue weighted by atomic mass is 9.84. The molecule has 3 unspecified atom stereocenters. The van der Waals surface area contributed by atoms with Crippen molar-refractivity contribution in [2.75, 3.05) is 21.3 Å². The van der Waals surface area contributed by atoms with Gasteiger partial charge in [0, 0.05) is 37.2 Å². The van der Waals surface area contributed by atoms with Crippen molar-refractivity contribution >= 4 is 29.6 Å². The number of Topliss-reactive ketones (excluding diaryl/α,β-unsaturated/α-hetero) is 1. The Balaban J connectivity index is 1.53. The third kappa shape index (κ3) is 8.82. The van der Waals surface area contributed by atoms with Crippen LogP contribution in [0.4, 0.5) is 0 Å². The second kappa shape index (κ2) is 17.1. The van der Waals surface area contributed by atoms with Crippen LogP contribution in [0.3, 0.4) is 0 Å². The predicted octanol–water partition coefficient (Wildman–Crippen LogP) is 4.78. The van der Waals surface area contributed by atoms with Gasteiger partial charge in [-0.1, -0.05) is 17.3 Å². The number of cyclic esters (lactones) is 1. The van der Waals surface area contributed by atoms with Crippen molar-refractivity contribution in [1.29, 1.82) is 0 Å². The molecule has 1 fully saturated rings. The third-order valence-electron chi connectivity index (χ3n) is 9.10. The van der Waals surface area contributed by atoms with E-state index in [-0.39, 0.29) is 76.1 Å². The average Bonchev–Trinajstić information content (AvgIpc) is 3.77. The minimum absolute atomic E-state index is 0.105. The number of phenolic OH excluding ortho intramolecular Hbond substituents is 2. The number of allylic oxidation sites excluding steroid dienone is 1. The number of esters is 1. The number of aromatic hydroxyl groups is 2. The number of nitrogens with zero attached hydrogens (tertiary/aromatic N) is 2. The summed E-state index contributed by atoms with van der Waals surface area (Å²) in [6, 6.07) is 4.12. The largest absolute Gasteiger partial charge is 0.507 e. The Morgan fingerprint density at radius 2 is 1.75 bits per heavy atom. The number of nitrogens with one attached hydrogen (secondary N) is 2. The maximum absolute atomic E-state index is 13.7. The second-order valence-corrected chi connectivity index (χ2v) is 12.8. The summed E-state index contributed by atoms with van der Waals surface area (Å²) in [6.45, 7) is 1.59. The highest BCUT2D eigenvalue weighted by molar-refractivity contribution is 5.98. The normalized spacial score (nSPS) is 18.8. The first-order valence-electron chi connectivity index (χ1n) is 17.2. The summed E-state index contributed by atoms with van der Waals surface area (Å²) in [5.74, 6) is -2.13. The molecule has 2 aromatic carbocycles. The number of phenols is 2. The fraction of sp³-hybridized carbons (Fsp3) is 0.459. The van der Waals surface area contributed by atoms with Gasteiger partial charge >= 0.3 is 5.97 Å². The molecule has 3 atom stereocenters. The minimum atomic E-state index is -1.07. The molecule has 4 N–H and O–H groups in total. The minimum Gasteiger partial charge on any atom is -0.507 e. The van der Waals surface area contributed by atoms with Crippen LogP contribution in [0.5, 0.6) is 28.7 Å². The molecule has 2 aliphatic heterocycles. The lowest BCUT2D eigenvalue weighted by molar-refractivity contribution is -0.121. The van der Waals surface area contributed by atoms with Crippen molar-refractivity contribution in [1.82, 2.24) is 20.8 Å². The Bertz CT molecular complexity index is 1810. The van der Waals surface area contributed by atoms with Gasteiger partial charge in [-0.3, -0.25) is 14.4 Å². The Kier molecular flexibility index (Phi) is 12.4. The van der Waals surface area contributed by atoms with Crippen molar-refractivity contribution in [3.8, 4) is 28.7 Å². The number of carbonyl (C=O) groups excluding carboxylic acids is 4. The van der Waals surface area contributed by atoms with Gasteiger partial charge in [0.25, 0.3) is 0 Å².